The number of amides is 2. The zero-order valence-corrected chi connectivity index (χ0v) is 21.6. The zero-order valence-electron chi connectivity index (χ0n) is 21.6. The molecule has 3 aromatic carbocycles. The molecule has 4 unspecified atom stereocenters. The molecule has 0 radical (unpaired) electrons. The van der Waals surface area contributed by atoms with Crippen molar-refractivity contribution in [1.29, 1.82) is 0 Å². The van der Waals surface area contributed by atoms with Gasteiger partial charge in [0.25, 0.3) is 5.91 Å². The minimum absolute atomic E-state index is 0.173. The lowest BCUT2D eigenvalue weighted by molar-refractivity contribution is -0.137. The highest BCUT2D eigenvalue weighted by Crippen LogP contribution is 2.68. The number of nitrogens with one attached hydrogen (secondary N) is 2. The van der Waals surface area contributed by atoms with E-state index < -0.39 is 16.9 Å². The van der Waals surface area contributed by atoms with Crippen molar-refractivity contribution in [2.75, 3.05) is 24.3 Å². The van der Waals surface area contributed by atoms with Crippen LogP contribution in [-0.2, 0) is 20.5 Å². The Bertz CT molecular complexity index is 1560. The Morgan fingerprint density at radius 2 is 1.71 bits per heavy atom. The minimum atomic E-state index is -1.45. The molecule has 4 heterocycles. The topological polar surface area (TPSA) is 87.7 Å². The number of fused-ring (bicyclic) bond motifs is 7. The SMILES string of the molecule is COc1ccccc1C(=O)C1C2CCCN2C2(C(=O)Nc3c2ccc(C)c3C)C12C(=O)Nc1ccccc12. The first-order chi connectivity index (χ1) is 18.4. The number of hydrogen-bond donors (Lipinski definition) is 2. The second-order valence-corrected chi connectivity index (χ2v) is 10.8. The van der Waals surface area contributed by atoms with Gasteiger partial charge >= 0.3 is 0 Å². The fraction of sp³-hybridized carbons (Fsp3) is 0.323. The van der Waals surface area contributed by atoms with E-state index >= 15 is 0 Å². The molecule has 2 N–H and O–H groups in total. The molecule has 4 atom stereocenters. The van der Waals surface area contributed by atoms with E-state index in [9.17, 15) is 14.4 Å². The van der Waals surface area contributed by atoms with Gasteiger partial charge in [0.1, 0.15) is 16.7 Å². The van der Waals surface area contributed by atoms with Crippen molar-refractivity contribution in [3.8, 4) is 5.75 Å². The van der Waals surface area contributed by atoms with Gasteiger partial charge in [-0.1, -0.05) is 42.5 Å². The molecular weight excluding hydrogens is 478 g/mol. The lowest BCUT2D eigenvalue weighted by Gasteiger charge is -2.43. The van der Waals surface area contributed by atoms with Gasteiger partial charge in [-0.05, 0) is 68.1 Å². The first-order valence-electron chi connectivity index (χ1n) is 13.2. The molecule has 7 nitrogen and oxygen atoms in total. The van der Waals surface area contributed by atoms with Crippen LogP contribution < -0.4 is 15.4 Å². The van der Waals surface area contributed by atoms with Crippen LogP contribution in [0, 0.1) is 19.8 Å². The van der Waals surface area contributed by atoms with Crippen LogP contribution in [0.5, 0.6) is 5.75 Å². The van der Waals surface area contributed by atoms with Crippen molar-refractivity contribution in [3.63, 3.8) is 0 Å². The highest BCUT2D eigenvalue weighted by molar-refractivity contribution is 6.21. The van der Waals surface area contributed by atoms with Crippen molar-refractivity contribution in [3.05, 3.63) is 88.5 Å². The summed E-state index contributed by atoms with van der Waals surface area (Å²) >= 11 is 0. The third-order valence-electron chi connectivity index (χ3n) is 9.46. The molecule has 0 aliphatic carbocycles. The van der Waals surface area contributed by atoms with E-state index in [1.54, 1.807) is 19.2 Å². The maximum Gasteiger partial charge on any atom is 0.251 e. The number of nitrogens with zero attached hydrogens (tertiary/aromatic N) is 1. The van der Waals surface area contributed by atoms with Gasteiger partial charge in [-0.25, -0.2) is 0 Å². The summed E-state index contributed by atoms with van der Waals surface area (Å²) in [6.45, 7) is 4.63. The Hall–Kier alpha value is -3.97. The van der Waals surface area contributed by atoms with Crippen molar-refractivity contribution >= 4 is 29.0 Å². The van der Waals surface area contributed by atoms with Crippen LogP contribution in [0.1, 0.15) is 45.5 Å². The molecule has 2 spiro atoms. The monoisotopic (exact) mass is 507 g/mol. The molecule has 3 aromatic rings. The average molecular weight is 508 g/mol. The van der Waals surface area contributed by atoms with Gasteiger partial charge in [0, 0.05) is 23.0 Å². The lowest BCUT2D eigenvalue weighted by Crippen LogP contribution is -2.62. The fourth-order valence-electron chi connectivity index (χ4n) is 7.91. The predicted octanol–water partition coefficient (Wildman–Crippen LogP) is 4.33. The number of Topliss-reactive ketones (excluding diaryl/α,β-unsaturated/α-hetero) is 1. The van der Waals surface area contributed by atoms with Gasteiger partial charge in [-0.15, -0.1) is 0 Å². The third kappa shape index (κ3) is 2.46. The Morgan fingerprint density at radius 1 is 0.947 bits per heavy atom. The first kappa shape index (κ1) is 23.2. The summed E-state index contributed by atoms with van der Waals surface area (Å²) in [5.41, 5.74) is 2.54. The van der Waals surface area contributed by atoms with E-state index in [4.69, 9.17) is 4.74 Å². The first-order valence-corrected chi connectivity index (χ1v) is 13.2. The zero-order chi connectivity index (χ0) is 26.4. The molecule has 7 rings (SSSR count). The standard InChI is InChI=1S/C31H29N3O4/c1-17-14-15-21-26(18(17)2)33-29(37)31(21)30(20-10-5-6-11-22(20)32-28(30)36)25(23-12-8-16-34(23)31)27(35)19-9-4-7-13-24(19)38-3/h4-7,9-11,13-15,23,25H,8,12,16H2,1-3H3,(H,32,36)(H,33,37). The number of anilines is 2. The molecule has 38 heavy (non-hydrogen) atoms. The van der Waals surface area contributed by atoms with Crippen molar-refractivity contribution in [1.82, 2.24) is 4.90 Å². The van der Waals surface area contributed by atoms with Crippen LogP contribution in [0.3, 0.4) is 0 Å². The highest BCUT2D eigenvalue weighted by Gasteiger charge is 2.81. The molecule has 0 bridgehead atoms. The molecular formula is C31H29N3O4. The van der Waals surface area contributed by atoms with E-state index in [1.807, 2.05) is 62.4 Å². The van der Waals surface area contributed by atoms with E-state index in [-0.39, 0.29) is 23.6 Å². The summed E-state index contributed by atoms with van der Waals surface area (Å²) in [7, 11) is 1.54. The van der Waals surface area contributed by atoms with Gasteiger partial charge in [0.05, 0.1) is 18.6 Å². The number of hydrogen-bond acceptors (Lipinski definition) is 5. The van der Waals surface area contributed by atoms with Crippen LogP contribution >= 0.6 is 0 Å². The molecule has 7 heteroatoms. The Balaban J connectivity index is 1.60. The largest absolute Gasteiger partial charge is 0.496 e. The summed E-state index contributed by atoms with van der Waals surface area (Å²) in [6.07, 6.45) is 1.56. The van der Waals surface area contributed by atoms with Gasteiger partial charge in [0.15, 0.2) is 5.78 Å². The number of benzene rings is 3. The number of carbonyl (C=O) groups is 3. The van der Waals surface area contributed by atoms with Crippen LogP contribution in [0.25, 0.3) is 0 Å². The van der Waals surface area contributed by atoms with Gasteiger partial charge < -0.3 is 15.4 Å². The number of methoxy groups -OCH3 is 1. The number of ether oxygens (including phenoxy) is 1. The molecule has 192 valence electrons. The smallest absolute Gasteiger partial charge is 0.251 e. The predicted molar refractivity (Wildman–Crippen MR) is 144 cm³/mol. The maximum absolute atomic E-state index is 14.7. The second-order valence-electron chi connectivity index (χ2n) is 10.8. The fourth-order valence-corrected chi connectivity index (χ4v) is 7.91. The summed E-state index contributed by atoms with van der Waals surface area (Å²) in [4.78, 5) is 46.0. The normalized spacial score (nSPS) is 28.8. The van der Waals surface area contributed by atoms with Gasteiger partial charge in [-0.3, -0.25) is 19.3 Å². The number of carbonyl (C=O) groups excluding carboxylic acids is 3. The molecule has 4 aliphatic heterocycles. The lowest BCUT2D eigenvalue weighted by atomic mass is 9.57. The summed E-state index contributed by atoms with van der Waals surface area (Å²) in [5, 5.41) is 6.26. The van der Waals surface area contributed by atoms with Crippen molar-refractivity contribution in [2.45, 2.75) is 43.7 Å². The van der Waals surface area contributed by atoms with Crippen LogP contribution in [0.4, 0.5) is 11.4 Å². The highest BCUT2D eigenvalue weighted by atomic mass is 16.5. The van der Waals surface area contributed by atoms with Crippen LogP contribution in [0.15, 0.2) is 60.7 Å². The quantitative estimate of drug-likeness (QED) is 0.516. The van der Waals surface area contributed by atoms with Gasteiger partial charge in [0.2, 0.25) is 5.91 Å². The minimum Gasteiger partial charge on any atom is -0.496 e. The second kappa shape index (κ2) is 7.77. The summed E-state index contributed by atoms with van der Waals surface area (Å²) in [6, 6.07) is 18.4. The number of aryl methyl sites for hydroxylation is 1. The van der Waals surface area contributed by atoms with Gasteiger partial charge in [-0.2, -0.15) is 0 Å². The number of para-hydroxylation sites is 2. The molecule has 0 saturated carbocycles. The Kier molecular flexibility index (Phi) is 4.74. The molecule has 0 aromatic heterocycles. The van der Waals surface area contributed by atoms with E-state index in [0.717, 1.165) is 35.2 Å². The average Bonchev–Trinajstić information content (AvgIpc) is 3.65. The summed E-state index contributed by atoms with van der Waals surface area (Å²) < 4.78 is 5.59. The molecule has 4 aliphatic rings. The Morgan fingerprint density at radius 3 is 2.53 bits per heavy atom. The molecule has 2 amide bonds. The Labute approximate surface area is 221 Å². The third-order valence-corrected chi connectivity index (χ3v) is 9.46. The van der Waals surface area contributed by atoms with Crippen LogP contribution in [0.2, 0.25) is 0 Å². The summed E-state index contributed by atoms with van der Waals surface area (Å²) in [5.74, 6) is -1.04. The maximum atomic E-state index is 14.7. The molecule has 2 saturated heterocycles. The number of ketones is 1. The van der Waals surface area contributed by atoms with E-state index in [2.05, 4.69) is 15.5 Å². The number of rotatable bonds is 3. The molecule has 2 fully saturated rings. The van der Waals surface area contributed by atoms with Crippen molar-refractivity contribution < 1.29 is 19.1 Å². The van der Waals surface area contributed by atoms with Crippen LogP contribution in [-0.4, -0.2) is 42.2 Å². The van der Waals surface area contributed by atoms with Crippen molar-refractivity contribution in [2.24, 2.45) is 5.92 Å². The van der Waals surface area contributed by atoms with E-state index in [0.29, 0.717) is 29.1 Å². The van der Waals surface area contributed by atoms with E-state index in [1.165, 1.54) is 0 Å².